The van der Waals surface area contributed by atoms with Crippen LogP contribution in [0, 0.1) is 0 Å². The Morgan fingerprint density at radius 3 is 2.45 bits per heavy atom. The largest absolute Gasteiger partial charge is 0.473 e. The van der Waals surface area contributed by atoms with Gasteiger partial charge >= 0.3 is 6.03 Å². The van der Waals surface area contributed by atoms with Crippen molar-refractivity contribution in [2.75, 3.05) is 13.3 Å². The average molecular weight is 278 g/mol. The Labute approximate surface area is 122 Å². The SMILES string of the molecule is CCc1ccccc1OCNC(=O)N(CC)C(C)(C)C. The molecule has 4 heteroatoms. The minimum Gasteiger partial charge on any atom is -0.473 e. The number of hydrogen-bond acceptors (Lipinski definition) is 2. The molecule has 0 saturated heterocycles. The van der Waals surface area contributed by atoms with E-state index in [0.29, 0.717) is 6.54 Å². The van der Waals surface area contributed by atoms with Crippen molar-refractivity contribution >= 4 is 6.03 Å². The van der Waals surface area contributed by atoms with Gasteiger partial charge in [-0.1, -0.05) is 25.1 Å². The van der Waals surface area contributed by atoms with Crippen LogP contribution in [0.1, 0.15) is 40.2 Å². The number of para-hydroxylation sites is 1. The molecule has 0 saturated carbocycles. The summed E-state index contributed by atoms with van der Waals surface area (Å²) in [6.45, 7) is 11.0. The predicted molar refractivity (Wildman–Crippen MR) is 82.0 cm³/mol. The molecule has 1 rings (SSSR count). The van der Waals surface area contributed by atoms with E-state index in [1.165, 1.54) is 0 Å². The van der Waals surface area contributed by atoms with E-state index < -0.39 is 0 Å². The number of benzene rings is 1. The normalized spacial score (nSPS) is 11.1. The molecule has 112 valence electrons. The number of carbonyl (C=O) groups excluding carboxylic acids is 1. The van der Waals surface area contributed by atoms with Gasteiger partial charge in [-0.2, -0.15) is 0 Å². The Balaban J connectivity index is 2.54. The molecule has 0 aliphatic carbocycles. The molecule has 4 nitrogen and oxygen atoms in total. The number of urea groups is 1. The highest BCUT2D eigenvalue weighted by molar-refractivity contribution is 5.74. The van der Waals surface area contributed by atoms with Gasteiger partial charge in [0, 0.05) is 12.1 Å². The lowest BCUT2D eigenvalue weighted by molar-refractivity contribution is 0.141. The van der Waals surface area contributed by atoms with Gasteiger partial charge in [0.15, 0.2) is 6.73 Å². The number of amides is 2. The first-order valence-corrected chi connectivity index (χ1v) is 7.16. The fourth-order valence-electron chi connectivity index (χ4n) is 2.13. The van der Waals surface area contributed by atoms with Crippen LogP contribution in [-0.4, -0.2) is 29.7 Å². The van der Waals surface area contributed by atoms with Crippen LogP contribution in [0.15, 0.2) is 24.3 Å². The van der Waals surface area contributed by atoms with Gasteiger partial charge in [0.2, 0.25) is 0 Å². The lowest BCUT2D eigenvalue weighted by atomic mass is 10.1. The van der Waals surface area contributed by atoms with Crippen LogP contribution in [0.2, 0.25) is 0 Å². The van der Waals surface area contributed by atoms with Crippen LogP contribution in [0.4, 0.5) is 4.79 Å². The number of nitrogens with one attached hydrogen (secondary N) is 1. The van der Waals surface area contributed by atoms with Crippen molar-refractivity contribution in [3.8, 4) is 5.75 Å². The minimum absolute atomic E-state index is 0.103. The highest BCUT2D eigenvalue weighted by atomic mass is 16.5. The summed E-state index contributed by atoms with van der Waals surface area (Å²) >= 11 is 0. The summed E-state index contributed by atoms with van der Waals surface area (Å²) in [6, 6.07) is 7.78. The Bertz CT molecular complexity index is 438. The smallest absolute Gasteiger partial charge is 0.320 e. The second kappa shape index (κ2) is 7.17. The Morgan fingerprint density at radius 2 is 1.90 bits per heavy atom. The van der Waals surface area contributed by atoms with Gasteiger partial charge in [-0.3, -0.25) is 0 Å². The fraction of sp³-hybridized carbons (Fsp3) is 0.562. The Hall–Kier alpha value is -1.71. The molecule has 0 aliphatic heterocycles. The molecule has 2 amide bonds. The molecular formula is C16H26N2O2. The van der Waals surface area contributed by atoms with E-state index in [1.54, 1.807) is 4.90 Å². The van der Waals surface area contributed by atoms with Crippen molar-refractivity contribution in [1.82, 2.24) is 10.2 Å². The maximum absolute atomic E-state index is 12.1. The number of hydrogen-bond donors (Lipinski definition) is 1. The molecule has 0 aliphatic rings. The molecule has 1 N–H and O–H groups in total. The van der Waals surface area contributed by atoms with Crippen molar-refractivity contribution in [3.63, 3.8) is 0 Å². The third kappa shape index (κ3) is 4.44. The van der Waals surface area contributed by atoms with Crippen LogP contribution in [0.25, 0.3) is 0 Å². The lowest BCUT2D eigenvalue weighted by Crippen LogP contribution is -2.50. The van der Waals surface area contributed by atoms with Crippen molar-refractivity contribution in [3.05, 3.63) is 29.8 Å². The summed E-state index contributed by atoms with van der Waals surface area (Å²) in [5, 5.41) is 2.80. The lowest BCUT2D eigenvalue weighted by Gasteiger charge is -2.34. The van der Waals surface area contributed by atoms with Gasteiger partial charge < -0.3 is 15.0 Å². The summed E-state index contributed by atoms with van der Waals surface area (Å²) in [6.07, 6.45) is 0.910. The van der Waals surface area contributed by atoms with E-state index in [4.69, 9.17) is 4.74 Å². The second-order valence-corrected chi connectivity index (χ2v) is 5.65. The average Bonchev–Trinajstić information content (AvgIpc) is 2.38. The van der Waals surface area contributed by atoms with Crippen LogP contribution < -0.4 is 10.1 Å². The zero-order valence-corrected chi connectivity index (χ0v) is 13.2. The number of carbonyl (C=O) groups is 1. The standard InChI is InChI=1S/C16H26N2O2/c1-6-13-10-8-9-11-14(13)20-12-17-15(19)18(7-2)16(3,4)5/h8-11H,6-7,12H2,1-5H3,(H,17,19). The molecule has 0 radical (unpaired) electrons. The summed E-state index contributed by atoms with van der Waals surface area (Å²) in [5.74, 6) is 0.828. The summed E-state index contributed by atoms with van der Waals surface area (Å²) in [4.78, 5) is 13.9. The van der Waals surface area contributed by atoms with Crippen molar-refractivity contribution in [1.29, 1.82) is 0 Å². The van der Waals surface area contributed by atoms with Gasteiger partial charge in [0.1, 0.15) is 5.75 Å². The molecule has 20 heavy (non-hydrogen) atoms. The summed E-state index contributed by atoms with van der Waals surface area (Å²) in [5.41, 5.74) is 0.949. The molecule has 0 heterocycles. The maximum atomic E-state index is 12.1. The third-order valence-corrected chi connectivity index (χ3v) is 3.18. The molecular weight excluding hydrogens is 252 g/mol. The first-order chi connectivity index (χ1) is 9.40. The monoisotopic (exact) mass is 278 g/mol. The van der Waals surface area contributed by atoms with Crippen molar-refractivity contribution < 1.29 is 9.53 Å². The Morgan fingerprint density at radius 1 is 1.25 bits per heavy atom. The molecule has 0 unspecified atom stereocenters. The number of ether oxygens (including phenoxy) is 1. The quantitative estimate of drug-likeness (QED) is 0.839. The van der Waals surface area contributed by atoms with E-state index >= 15 is 0 Å². The molecule has 0 fully saturated rings. The topological polar surface area (TPSA) is 41.6 Å². The molecule has 0 bridgehead atoms. The highest BCUT2D eigenvalue weighted by Gasteiger charge is 2.24. The number of rotatable bonds is 5. The first-order valence-electron chi connectivity index (χ1n) is 7.16. The molecule has 0 aromatic heterocycles. The van der Waals surface area contributed by atoms with E-state index in [9.17, 15) is 4.79 Å². The van der Waals surface area contributed by atoms with Gasteiger partial charge in [-0.05, 0) is 45.7 Å². The molecule has 0 atom stereocenters. The fourth-order valence-corrected chi connectivity index (χ4v) is 2.13. The molecule has 1 aromatic rings. The molecule has 1 aromatic carbocycles. The maximum Gasteiger partial charge on any atom is 0.320 e. The summed E-state index contributed by atoms with van der Waals surface area (Å²) in [7, 11) is 0. The van der Waals surface area contributed by atoms with Crippen molar-refractivity contribution in [2.45, 2.75) is 46.6 Å². The molecule has 0 spiro atoms. The second-order valence-electron chi connectivity index (χ2n) is 5.65. The summed E-state index contributed by atoms with van der Waals surface area (Å²) < 4.78 is 5.65. The van der Waals surface area contributed by atoms with E-state index in [2.05, 4.69) is 12.2 Å². The van der Waals surface area contributed by atoms with E-state index in [0.717, 1.165) is 17.7 Å². The van der Waals surface area contributed by atoms with Gasteiger partial charge in [0.05, 0.1) is 0 Å². The number of nitrogens with zero attached hydrogens (tertiary/aromatic N) is 1. The van der Waals surface area contributed by atoms with Crippen LogP contribution in [-0.2, 0) is 6.42 Å². The van der Waals surface area contributed by atoms with Crippen LogP contribution >= 0.6 is 0 Å². The third-order valence-electron chi connectivity index (χ3n) is 3.18. The zero-order chi connectivity index (χ0) is 15.2. The van der Waals surface area contributed by atoms with Gasteiger partial charge in [0.25, 0.3) is 0 Å². The van der Waals surface area contributed by atoms with E-state index in [1.807, 2.05) is 52.0 Å². The highest BCUT2D eigenvalue weighted by Crippen LogP contribution is 2.18. The first kappa shape index (κ1) is 16.3. The zero-order valence-electron chi connectivity index (χ0n) is 13.2. The predicted octanol–water partition coefficient (Wildman–Crippen LogP) is 3.42. The number of aryl methyl sites for hydroxylation is 1. The van der Waals surface area contributed by atoms with Crippen LogP contribution in [0.5, 0.6) is 5.75 Å². The van der Waals surface area contributed by atoms with Crippen LogP contribution in [0.3, 0.4) is 0 Å². The van der Waals surface area contributed by atoms with Crippen molar-refractivity contribution in [2.24, 2.45) is 0 Å². The minimum atomic E-state index is -0.194. The van der Waals surface area contributed by atoms with E-state index in [-0.39, 0.29) is 18.3 Å². The van der Waals surface area contributed by atoms with Gasteiger partial charge in [-0.25, -0.2) is 4.79 Å². The van der Waals surface area contributed by atoms with Gasteiger partial charge in [-0.15, -0.1) is 0 Å². The Kier molecular flexibility index (Phi) is 5.86.